The number of hydrogen-bond acceptors (Lipinski definition) is 1. The molecule has 0 aromatic carbocycles. The molecule has 0 aliphatic carbocycles. The van der Waals surface area contributed by atoms with E-state index in [4.69, 9.17) is 0 Å². The summed E-state index contributed by atoms with van der Waals surface area (Å²) >= 11 is 0. The summed E-state index contributed by atoms with van der Waals surface area (Å²) in [6, 6.07) is 3.80. The summed E-state index contributed by atoms with van der Waals surface area (Å²) < 4.78 is 2.08. The maximum atomic E-state index is 11.8. The maximum Gasteiger partial charge on any atom is 0.257 e. The van der Waals surface area contributed by atoms with E-state index in [0.29, 0.717) is 0 Å². The molecule has 0 spiro atoms. The van der Waals surface area contributed by atoms with Gasteiger partial charge in [-0.05, 0) is 12.5 Å². The van der Waals surface area contributed by atoms with Crippen LogP contribution in [0.1, 0.15) is 49.9 Å². The van der Waals surface area contributed by atoms with E-state index >= 15 is 0 Å². The van der Waals surface area contributed by atoms with E-state index in [9.17, 15) is 4.79 Å². The fourth-order valence-corrected chi connectivity index (χ4v) is 1.62. The Bertz CT molecular complexity index is 350. The predicted octanol–water partition coefficient (Wildman–Crippen LogP) is 2.30. The van der Waals surface area contributed by atoms with Gasteiger partial charge in [-0.1, -0.05) is 26.7 Å². The third kappa shape index (κ3) is 4.98. The zero-order chi connectivity index (χ0) is 12.5. The Morgan fingerprint density at radius 3 is 2.76 bits per heavy atom. The minimum absolute atomic E-state index is 0.0318. The van der Waals surface area contributed by atoms with Crippen molar-refractivity contribution in [2.45, 2.75) is 46.1 Å². The lowest BCUT2D eigenvalue weighted by Gasteiger charge is -2.03. The number of pyridine rings is 1. The molecule has 0 saturated heterocycles. The van der Waals surface area contributed by atoms with Gasteiger partial charge in [0.05, 0.1) is 0 Å². The second kappa shape index (κ2) is 7.82. The molecule has 1 amide bonds. The molecule has 1 N–H and O–H groups in total. The van der Waals surface area contributed by atoms with Crippen LogP contribution in [-0.4, -0.2) is 12.5 Å². The van der Waals surface area contributed by atoms with E-state index < -0.39 is 0 Å². The SMILES string of the molecule is CCCCNC(=O)c1ccc[n+](CCCC)c1. The van der Waals surface area contributed by atoms with Gasteiger partial charge in [-0.15, -0.1) is 0 Å². The van der Waals surface area contributed by atoms with Crippen LogP contribution in [0.5, 0.6) is 0 Å². The Morgan fingerprint density at radius 2 is 2.06 bits per heavy atom. The minimum Gasteiger partial charge on any atom is -0.352 e. The van der Waals surface area contributed by atoms with E-state index in [2.05, 4.69) is 23.7 Å². The van der Waals surface area contributed by atoms with Crippen LogP contribution in [0.3, 0.4) is 0 Å². The molecule has 0 radical (unpaired) electrons. The lowest BCUT2D eigenvalue weighted by Crippen LogP contribution is -2.35. The zero-order valence-corrected chi connectivity index (χ0v) is 10.9. The molecule has 3 heteroatoms. The first-order chi connectivity index (χ1) is 8.27. The molecule has 1 heterocycles. The number of nitrogens with zero attached hydrogens (tertiary/aromatic N) is 1. The van der Waals surface area contributed by atoms with Crippen LogP contribution in [-0.2, 0) is 6.54 Å². The van der Waals surface area contributed by atoms with Gasteiger partial charge in [0.15, 0.2) is 12.4 Å². The van der Waals surface area contributed by atoms with Crippen LogP contribution in [0.25, 0.3) is 0 Å². The Labute approximate surface area is 104 Å². The topological polar surface area (TPSA) is 33.0 Å². The predicted molar refractivity (Wildman–Crippen MR) is 68.8 cm³/mol. The molecule has 0 fully saturated rings. The summed E-state index contributed by atoms with van der Waals surface area (Å²) in [4.78, 5) is 11.8. The highest BCUT2D eigenvalue weighted by Crippen LogP contribution is 1.96. The fourth-order valence-electron chi connectivity index (χ4n) is 1.62. The van der Waals surface area contributed by atoms with Crippen molar-refractivity contribution >= 4 is 5.91 Å². The summed E-state index contributed by atoms with van der Waals surface area (Å²) in [5.41, 5.74) is 0.750. The molecular formula is C14H23N2O+. The summed E-state index contributed by atoms with van der Waals surface area (Å²) in [6.07, 6.45) is 8.39. The first-order valence-electron chi connectivity index (χ1n) is 6.55. The highest BCUT2D eigenvalue weighted by molar-refractivity contribution is 5.93. The Morgan fingerprint density at radius 1 is 1.29 bits per heavy atom. The standard InChI is InChI=1S/C14H22N2O/c1-3-5-9-15-14(17)13-8-7-11-16(12-13)10-6-4-2/h7-8,11-12H,3-6,9-10H2,1-2H3/p+1. The third-order valence-electron chi connectivity index (χ3n) is 2.71. The average Bonchev–Trinajstić information content (AvgIpc) is 2.37. The van der Waals surface area contributed by atoms with Crippen molar-refractivity contribution in [2.24, 2.45) is 0 Å². The van der Waals surface area contributed by atoms with Crippen molar-refractivity contribution < 1.29 is 9.36 Å². The van der Waals surface area contributed by atoms with Crippen molar-refractivity contribution in [1.82, 2.24) is 5.32 Å². The van der Waals surface area contributed by atoms with Gasteiger partial charge in [0.25, 0.3) is 5.91 Å². The summed E-state index contributed by atoms with van der Waals surface area (Å²) in [5.74, 6) is 0.0318. The maximum absolute atomic E-state index is 11.8. The van der Waals surface area contributed by atoms with Crippen molar-refractivity contribution in [1.29, 1.82) is 0 Å². The van der Waals surface area contributed by atoms with Gasteiger partial charge in [0, 0.05) is 19.0 Å². The van der Waals surface area contributed by atoms with E-state index in [0.717, 1.165) is 37.9 Å². The number of aromatic nitrogens is 1. The van der Waals surface area contributed by atoms with Crippen LogP contribution in [0, 0.1) is 0 Å². The molecule has 0 aliphatic heterocycles. The molecule has 0 bridgehead atoms. The van der Waals surface area contributed by atoms with Gasteiger partial charge in [-0.3, -0.25) is 4.79 Å². The summed E-state index contributed by atoms with van der Waals surface area (Å²) in [7, 11) is 0. The van der Waals surface area contributed by atoms with Gasteiger partial charge in [-0.2, -0.15) is 0 Å². The number of carbonyl (C=O) groups is 1. The number of nitrogens with one attached hydrogen (secondary N) is 1. The number of aryl methyl sites for hydroxylation is 1. The number of carbonyl (C=O) groups excluding carboxylic acids is 1. The van der Waals surface area contributed by atoms with Crippen LogP contribution >= 0.6 is 0 Å². The second-order valence-corrected chi connectivity index (χ2v) is 4.29. The molecule has 94 valence electrons. The van der Waals surface area contributed by atoms with Crippen LogP contribution in [0.2, 0.25) is 0 Å². The largest absolute Gasteiger partial charge is 0.352 e. The highest BCUT2D eigenvalue weighted by atomic mass is 16.1. The average molecular weight is 235 g/mol. The number of rotatable bonds is 7. The molecule has 1 aromatic rings. The molecule has 3 nitrogen and oxygen atoms in total. The third-order valence-corrected chi connectivity index (χ3v) is 2.71. The van der Waals surface area contributed by atoms with Gasteiger partial charge in [0.2, 0.25) is 0 Å². The lowest BCUT2D eigenvalue weighted by molar-refractivity contribution is -0.697. The molecular weight excluding hydrogens is 212 g/mol. The number of unbranched alkanes of at least 4 members (excludes halogenated alkanes) is 2. The van der Waals surface area contributed by atoms with Crippen LogP contribution in [0.4, 0.5) is 0 Å². The molecule has 0 aliphatic rings. The minimum atomic E-state index is 0.0318. The Balaban J connectivity index is 2.54. The normalized spacial score (nSPS) is 10.2. The molecule has 0 unspecified atom stereocenters. The smallest absolute Gasteiger partial charge is 0.257 e. The van der Waals surface area contributed by atoms with Crippen LogP contribution in [0.15, 0.2) is 24.5 Å². The van der Waals surface area contributed by atoms with Crippen molar-refractivity contribution in [2.75, 3.05) is 6.54 Å². The van der Waals surface area contributed by atoms with E-state index in [1.54, 1.807) is 0 Å². The van der Waals surface area contributed by atoms with Gasteiger partial charge in [-0.25, -0.2) is 4.57 Å². The van der Waals surface area contributed by atoms with E-state index in [1.807, 2.05) is 24.5 Å². The summed E-state index contributed by atoms with van der Waals surface area (Å²) in [6.45, 7) is 6.03. The summed E-state index contributed by atoms with van der Waals surface area (Å²) in [5, 5.41) is 2.93. The van der Waals surface area contributed by atoms with Crippen molar-refractivity contribution in [3.63, 3.8) is 0 Å². The first kappa shape index (κ1) is 13.7. The van der Waals surface area contributed by atoms with Gasteiger partial charge in [0.1, 0.15) is 12.1 Å². The van der Waals surface area contributed by atoms with E-state index in [-0.39, 0.29) is 5.91 Å². The van der Waals surface area contributed by atoms with E-state index in [1.165, 1.54) is 6.42 Å². The lowest BCUT2D eigenvalue weighted by atomic mass is 10.2. The number of hydrogen-bond donors (Lipinski definition) is 1. The Kier molecular flexibility index (Phi) is 6.30. The van der Waals surface area contributed by atoms with Gasteiger partial charge >= 0.3 is 0 Å². The van der Waals surface area contributed by atoms with Crippen LogP contribution < -0.4 is 9.88 Å². The van der Waals surface area contributed by atoms with Crippen molar-refractivity contribution in [3.8, 4) is 0 Å². The van der Waals surface area contributed by atoms with Crippen molar-refractivity contribution in [3.05, 3.63) is 30.1 Å². The molecule has 17 heavy (non-hydrogen) atoms. The number of amides is 1. The molecule has 1 aromatic heterocycles. The molecule has 1 rings (SSSR count). The quantitative estimate of drug-likeness (QED) is 0.571. The monoisotopic (exact) mass is 235 g/mol. The Hall–Kier alpha value is -1.38. The fraction of sp³-hybridized carbons (Fsp3) is 0.571. The molecule has 0 atom stereocenters. The molecule has 0 saturated carbocycles. The highest BCUT2D eigenvalue weighted by Gasteiger charge is 2.09. The first-order valence-corrected chi connectivity index (χ1v) is 6.55. The van der Waals surface area contributed by atoms with Gasteiger partial charge < -0.3 is 5.32 Å². The second-order valence-electron chi connectivity index (χ2n) is 4.29. The zero-order valence-electron chi connectivity index (χ0n) is 10.9.